The van der Waals surface area contributed by atoms with Gasteiger partial charge in [-0.3, -0.25) is 19.5 Å². The summed E-state index contributed by atoms with van der Waals surface area (Å²) < 4.78 is 2.44. The third-order valence-electron chi connectivity index (χ3n) is 5.16. The molecule has 1 heterocycles. The standard InChI is InChI=1S/C24H14BrN3O3/c25-18-7-11-19(12-8-18)27-23(15-5-9-20(10-6-15)28(30)31)26-22-14-17-4-2-1-3-16(17)13-21(22)24(27)29/h1-14H. The minimum atomic E-state index is -0.453. The lowest BCUT2D eigenvalue weighted by molar-refractivity contribution is -0.384. The summed E-state index contributed by atoms with van der Waals surface area (Å²) in [6, 6.07) is 25.0. The Morgan fingerprint density at radius 1 is 0.871 bits per heavy atom. The van der Waals surface area contributed by atoms with Crippen LogP contribution in [0.1, 0.15) is 0 Å². The number of benzene rings is 4. The number of nitrogens with zero attached hydrogens (tertiary/aromatic N) is 3. The minimum Gasteiger partial charge on any atom is -0.268 e. The van der Waals surface area contributed by atoms with E-state index in [2.05, 4.69) is 15.9 Å². The van der Waals surface area contributed by atoms with Crippen LogP contribution in [0.2, 0.25) is 0 Å². The third kappa shape index (κ3) is 3.39. The first kappa shape index (κ1) is 19.1. The number of aromatic nitrogens is 2. The van der Waals surface area contributed by atoms with Crippen molar-refractivity contribution in [3.8, 4) is 17.1 Å². The normalized spacial score (nSPS) is 11.1. The first-order valence-electron chi connectivity index (χ1n) is 9.47. The van der Waals surface area contributed by atoms with E-state index in [0.717, 1.165) is 15.2 Å². The highest BCUT2D eigenvalue weighted by molar-refractivity contribution is 9.10. The average molecular weight is 472 g/mol. The molecule has 0 aliphatic rings. The summed E-state index contributed by atoms with van der Waals surface area (Å²) in [6.45, 7) is 0. The molecule has 0 amide bonds. The zero-order valence-corrected chi connectivity index (χ0v) is 17.6. The van der Waals surface area contributed by atoms with E-state index in [-0.39, 0.29) is 11.2 Å². The smallest absolute Gasteiger partial charge is 0.268 e. The summed E-state index contributed by atoms with van der Waals surface area (Å²) >= 11 is 3.42. The van der Waals surface area contributed by atoms with Crippen molar-refractivity contribution in [3.63, 3.8) is 0 Å². The van der Waals surface area contributed by atoms with Crippen molar-refractivity contribution in [1.82, 2.24) is 9.55 Å². The van der Waals surface area contributed by atoms with Gasteiger partial charge in [0, 0.05) is 22.2 Å². The van der Waals surface area contributed by atoms with E-state index in [9.17, 15) is 14.9 Å². The Morgan fingerprint density at radius 2 is 1.52 bits per heavy atom. The van der Waals surface area contributed by atoms with Gasteiger partial charge in [0.15, 0.2) is 0 Å². The van der Waals surface area contributed by atoms with Crippen LogP contribution in [0.4, 0.5) is 5.69 Å². The molecule has 0 aliphatic heterocycles. The highest BCUT2D eigenvalue weighted by Crippen LogP contribution is 2.27. The van der Waals surface area contributed by atoms with Gasteiger partial charge in [-0.1, -0.05) is 40.2 Å². The van der Waals surface area contributed by atoms with Gasteiger partial charge < -0.3 is 0 Å². The number of nitro benzene ring substituents is 1. The second kappa shape index (κ2) is 7.45. The number of hydrogen-bond donors (Lipinski definition) is 0. The molecule has 0 saturated heterocycles. The molecule has 4 aromatic carbocycles. The first-order chi connectivity index (χ1) is 15.0. The van der Waals surface area contributed by atoms with Gasteiger partial charge in [-0.25, -0.2) is 4.98 Å². The number of rotatable bonds is 3. The number of fused-ring (bicyclic) bond motifs is 2. The molecule has 7 heteroatoms. The van der Waals surface area contributed by atoms with Gasteiger partial charge in [0.1, 0.15) is 5.82 Å². The van der Waals surface area contributed by atoms with E-state index >= 15 is 0 Å². The van der Waals surface area contributed by atoms with E-state index < -0.39 is 4.92 Å². The van der Waals surface area contributed by atoms with Crippen molar-refractivity contribution >= 4 is 43.3 Å². The van der Waals surface area contributed by atoms with Crippen LogP contribution in [0, 0.1) is 10.1 Å². The van der Waals surface area contributed by atoms with Crippen molar-refractivity contribution < 1.29 is 4.92 Å². The minimum absolute atomic E-state index is 0.0203. The highest BCUT2D eigenvalue weighted by atomic mass is 79.9. The van der Waals surface area contributed by atoms with Crippen LogP contribution < -0.4 is 5.56 Å². The zero-order chi connectivity index (χ0) is 21.5. The summed E-state index contributed by atoms with van der Waals surface area (Å²) in [5.74, 6) is 0.421. The molecule has 0 saturated carbocycles. The topological polar surface area (TPSA) is 78.0 Å². The summed E-state index contributed by atoms with van der Waals surface area (Å²) in [7, 11) is 0. The third-order valence-corrected chi connectivity index (χ3v) is 5.69. The first-order valence-corrected chi connectivity index (χ1v) is 10.3. The Labute approximate surface area is 184 Å². The van der Waals surface area contributed by atoms with E-state index in [1.54, 1.807) is 16.7 Å². The van der Waals surface area contributed by atoms with Gasteiger partial charge >= 0.3 is 0 Å². The monoisotopic (exact) mass is 471 g/mol. The maximum absolute atomic E-state index is 13.6. The molecule has 0 atom stereocenters. The highest BCUT2D eigenvalue weighted by Gasteiger charge is 2.16. The van der Waals surface area contributed by atoms with E-state index in [1.165, 1.54) is 12.1 Å². The zero-order valence-electron chi connectivity index (χ0n) is 16.0. The second-order valence-electron chi connectivity index (χ2n) is 7.07. The quantitative estimate of drug-likeness (QED) is 0.187. The maximum atomic E-state index is 13.6. The Balaban J connectivity index is 1.85. The van der Waals surface area contributed by atoms with Gasteiger partial charge in [0.25, 0.3) is 11.2 Å². The van der Waals surface area contributed by atoms with Crippen molar-refractivity contribution in [1.29, 1.82) is 0 Å². The lowest BCUT2D eigenvalue weighted by Crippen LogP contribution is -2.22. The molecular weight excluding hydrogens is 458 g/mol. The van der Waals surface area contributed by atoms with Crippen LogP contribution in [0.3, 0.4) is 0 Å². The van der Waals surface area contributed by atoms with Gasteiger partial charge in [0.2, 0.25) is 0 Å². The molecule has 0 N–H and O–H groups in total. The Kier molecular flexibility index (Phi) is 4.60. The molecule has 0 aliphatic carbocycles. The predicted molar refractivity (Wildman–Crippen MR) is 125 cm³/mol. The van der Waals surface area contributed by atoms with Crippen molar-refractivity contribution in [2.45, 2.75) is 0 Å². The molecule has 0 spiro atoms. The molecular formula is C24H14BrN3O3. The van der Waals surface area contributed by atoms with Gasteiger partial charge in [-0.2, -0.15) is 0 Å². The predicted octanol–water partition coefficient (Wildman–Crippen LogP) is 5.88. The fraction of sp³-hybridized carbons (Fsp3) is 0. The molecule has 6 nitrogen and oxygen atoms in total. The fourth-order valence-corrected chi connectivity index (χ4v) is 3.89. The fourth-order valence-electron chi connectivity index (χ4n) is 3.63. The summed E-state index contributed by atoms with van der Waals surface area (Å²) in [5.41, 5.74) is 1.62. The molecule has 31 heavy (non-hydrogen) atoms. The molecule has 1 aromatic heterocycles. The van der Waals surface area contributed by atoms with Crippen LogP contribution in [0.25, 0.3) is 38.8 Å². The van der Waals surface area contributed by atoms with Crippen LogP contribution in [0.15, 0.2) is 94.2 Å². The lowest BCUT2D eigenvalue weighted by atomic mass is 10.1. The molecule has 5 aromatic rings. The van der Waals surface area contributed by atoms with Gasteiger partial charge in [-0.05, 0) is 59.3 Å². The van der Waals surface area contributed by atoms with Crippen LogP contribution in [-0.4, -0.2) is 14.5 Å². The van der Waals surface area contributed by atoms with E-state index in [0.29, 0.717) is 28.0 Å². The van der Waals surface area contributed by atoms with E-state index in [1.807, 2.05) is 60.7 Å². The van der Waals surface area contributed by atoms with Crippen LogP contribution in [0.5, 0.6) is 0 Å². The Hall–Kier alpha value is -3.84. The summed E-state index contributed by atoms with van der Waals surface area (Å²) in [5, 5.41) is 13.5. The number of nitro groups is 1. The van der Waals surface area contributed by atoms with Crippen molar-refractivity contribution in [2.24, 2.45) is 0 Å². The second-order valence-corrected chi connectivity index (χ2v) is 7.99. The molecule has 0 bridgehead atoms. The van der Waals surface area contributed by atoms with Crippen LogP contribution in [-0.2, 0) is 0 Å². The van der Waals surface area contributed by atoms with Gasteiger partial charge in [0.05, 0.1) is 21.5 Å². The van der Waals surface area contributed by atoms with Crippen molar-refractivity contribution in [3.05, 3.63) is 110 Å². The van der Waals surface area contributed by atoms with Gasteiger partial charge in [-0.15, -0.1) is 0 Å². The average Bonchev–Trinajstić information content (AvgIpc) is 2.79. The molecule has 5 rings (SSSR count). The summed E-state index contributed by atoms with van der Waals surface area (Å²) in [4.78, 5) is 29.0. The number of halogens is 1. The van der Waals surface area contributed by atoms with E-state index in [4.69, 9.17) is 4.98 Å². The molecule has 0 fully saturated rings. The number of non-ortho nitro benzene ring substituents is 1. The van der Waals surface area contributed by atoms with Crippen molar-refractivity contribution in [2.75, 3.05) is 0 Å². The number of hydrogen-bond acceptors (Lipinski definition) is 4. The molecule has 0 radical (unpaired) electrons. The molecule has 150 valence electrons. The molecule has 0 unspecified atom stereocenters. The largest absolute Gasteiger partial charge is 0.269 e. The Bertz CT molecular complexity index is 1530. The maximum Gasteiger partial charge on any atom is 0.269 e. The van der Waals surface area contributed by atoms with Crippen LogP contribution >= 0.6 is 15.9 Å². The SMILES string of the molecule is O=c1c2cc3ccccc3cc2nc(-c2ccc([N+](=O)[O-])cc2)n1-c1ccc(Br)cc1. The lowest BCUT2D eigenvalue weighted by Gasteiger charge is -2.14. The summed E-state index contributed by atoms with van der Waals surface area (Å²) in [6.07, 6.45) is 0. The Morgan fingerprint density at radius 3 is 2.16 bits per heavy atom.